The monoisotopic (exact) mass is 438 g/mol. The van der Waals surface area contributed by atoms with Gasteiger partial charge in [-0.25, -0.2) is 4.39 Å². The molecule has 2 N–H and O–H groups in total. The van der Waals surface area contributed by atoms with E-state index in [2.05, 4.69) is 0 Å². The van der Waals surface area contributed by atoms with Crippen molar-refractivity contribution in [3.8, 4) is 5.75 Å². The molecule has 32 heavy (non-hydrogen) atoms. The summed E-state index contributed by atoms with van der Waals surface area (Å²) in [5.41, 5.74) is 4.72. The molecule has 1 aliphatic heterocycles. The minimum Gasteiger partial charge on any atom is -0.493 e. The van der Waals surface area contributed by atoms with E-state index in [0.717, 1.165) is 31.4 Å². The number of hydrogen-bond donors (Lipinski definition) is 1. The first-order valence-corrected chi connectivity index (χ1v) is 11.4. The Morgan fingerprint density at radius 2 is 1.66 bits per heavy atom. The topological polar surface area (TPSA) is 72.6 Å². The van der Waals surface area contributed by atoms with E-state index in [0.29, 0.717) is 38.1 Å². The van der Waals surface area contributed by atoms with Crippen LogP contribution in [0.4, 0.5) is 4.39 Å². The summed E-state index contributed by atoms with van der Waals surface area (Å²) < 4.78 is 20.8. The molecule has 1 saturated heterocycles. The van der Waals surface area contributed by atoms with Gasteiger partial charge >= 0.3 is 0 Å². The zero-order valence-electron chi connectivity index (χ0n) is 18.4. The van der Waals surface area contributed by atoms with Crippen molar-refractivity contribution in [3.63, 3.8) is 0 Å². The largest absolute Gasteiger partial charge is 0.493 e. The van der Waals surface area contributed by atoms with E-state index in [4.69, 9.17) is 10.5 Å². The molecule has 1 saturated carbocycles. The predicted octanol–water partition coefficient (Wildman–Crippen LogP) is 4.20. The molecule has 1 heterocycles. The number of likely N-dealkylation sites (tertiary alicyclic amines) is 1. The molecular formula is C26H31FN2O3. The molecular weight excluding hydrogens is 407 g/mol. The van der Waals surface area contributed by atoms with E-state index in [1.165, 1.54) is 6.07 Å². The molecule has 0 unspecified atom stereocenters. The van der Waals surface area contributed by atoms with Crippen LogP contribution in [0.15, 0.2) is 54.6 Å². The number of nitrogens with zero attached hydrogens (tertiary/aromatic N) is 1. The molecule has 2 fully saturated rings. The standard InChI is InChI=1S/C26H31FN2O3/c27-22-12-5-4-11-21(22)26(14-6-7-15-26)24(31)29-16-8-13-25(18-29,17-23(28)30)19-32-20-9-2-1-3-10-20/h1-5,9-12H,6-8,13-19H2,(H2,28,30)/t25-/m0/s1. The molecule has 6 heteroatoms. The number of primary amides is 1. The Bertz CT molecular complexity index is 959. The summed E-state index contributed by atoms with van der Waals surface area (Å²) >= 11 is 0. The molecule has 0 aromatic heterocycles. The summed E-state index contributed by atoms with van der Waals surface area (Å²) in [5.74, 6) is -0.0389. The van der Waals surface area contributed by atoms with Gasteiger partial charge in [-0.1, -0.05) is 49.2 Å². The fraction of sp³-hybridized carbons (Fsp3) is 0.462. The molecule has 1 aliphatic carbocycles. The van der Waals surface area contributed by atoms with E-state index in [1.807, 2.05) is 35.2 Å². The molecule has 1 atom stereocenters. The quantitative estimate of drug-likeness (QED) is 0.704. The third kappa shape index (κ3) is 4.50. The number of ether oxygens (including phenoxy) is 1. The lowest BCUT2D eigenvalue weighted by Gasteiger charge is -2.45. The van der Waals surface area contributed by atoms with E-state index in [-0.39, 0.29) is 18.1 Å². The number of halogens is 1. The Labute approximate surface area is 188 Å². The number of carbonyl (C=O) groups excluding carboxylic acids is 2. The van der Waals surface area contributed by atoms with Crippen LogP contribution in [-0.2, 0) is 15.0 Å². The minimum atomic E-state index is -0.832. The SMILES string of the molecule is NC(=O)C[C@@]1(COc2ccccc2)CCCN(C(=O)C2(c3ccccc3F)CCCC2)C1. The van der Waals surface area contributed by atoms with Gasteiger partial charge in [-0.05, 0) is 43.9 Å². The van der Waals surface area contributed by atoms with Gasteiger partial charge in [0.05, 0.1) is 12.0 Å². The molecule has 2 aromatic rings. The number of para-hydroxylation sites is 1. The number of amides is 2. The Morgan fingerprint density at radius 1 is 0.969 bits per heavy atom. The predicted molar refractivity (Wildman–Crippen MR) is 121 cm³/mol. The van der Waals surface area contributed by atoms with Crippen LogP contribution in [0.2, 0.25) is 0 Å². The lowest BCUT2D eigenvalue weighted by Crippen LogP contribution is -2.55. The average Bonchev–Trinajstić information content (AvgIpc) is 3.29. The van der Waals surface area contributed by atoms with Crippen molar-refractivity contribution >= 4 is 11.8 Å². The van der Waals surface area contributed by atoms with Gasteiger partial charge < -0.3 is 15.4 Å². The maximum atomic E-state index is 14.8. The molecule has 0 bridgehead atoms. The molecule has 2 aliphatic rings. The second-order valence-corrected chi connectivity index (χ2v) is 9.34. The van der Waals surface area contributed by atoms with Gasteiger partial charge in [0, 0.05) is 30.5 Å². The van der Waals surface area contributed by atoms with Gasteiger partial charge in [0.2, 0.25) is 11.8 Å². The molecule has 170 valence electrons. The Morgan fingerprint density at radius 3 is 2.34 bits per heavy atom. The van der Waals surface area contributed by atoms with Crippen molar-refractivity contribution in [3.05, 3.63) is 66.0 Å². The van der Waals surface area contributed by atoms with E-state index in [9.17, 15) is 14.0 Å². The second-order valence-electron chi connectivity index (χ2n) is 9.34. The first-order chi connectivity index (χ1) is 15.4. The van der Waals surface area contributed by atoms with Crippen LogP contribution in [0.3, 0.4) is 0 Å². The summed E-state index contributed by atoms with van der Waals surface area (Å²) in [6.45, 7) is 1.29. The van der Waals surface area contributed by atoms with Gasteiger partial charge in [0.25, 0.3) is 0 Å². The van der Waals surface area contributed by atoms with Crippen LogP contribution in [0.1, 0.15) is 50.5 Å². The third-order valence-corrected chi connectivity index (χ3v) is 7.04. The molecule has 5 nitrogen and oxygen atoms in total. The summed E-state index contributed by atoms with van der Waals surface area (Å²) in [6.07, 6.45) is 4.74. The maximum Gasteiger partial charge on any atom is 0.233 e. The van der Waals surface area contributed by atoms with Crippen LogP contribution >= 0.6 is 0 Å². The number of hydrogen-bond acceptors (Lipinski definition) is 3. The lowest BCUT2D eigenvalue weighted by atomic mass is 9.74. The van der Waals surface area contributed by atoms with Gasteiger partial charge in [-0.15, -0.1) is 0 Å². The highest BCUT2D eigenvalue weighted by Crippen LogP contribution is 2.45. The molecule has 2 amide bonds. The lowest BCUT2D eigenvalue weighted by molar-refractivity contribution is -0.143. The number of nitrogens with two attached hydrogens (primary N) is 1. The van der Waals surface area contributed by atoms with Crippen LogP contribution in [0.5, 0.6) is 5.75 Å². The van der Waals surface area contributed by atoms with Gasteiger partial charge in [-0.3, -0.25) is 9.59 Å². The minimum absolute atomic E-state index is 0.0339. The van der Waals surface area contributed by atoms with Crippen molar-refractivity contribution in [2.24, 2.45) is 11.1 Å². The van der Waals surface area contributed by atoms with Crippen molar-refractivity contribution in [1.29, 1.82) is 0 Å². The molecule has 2 aromatic carbocycles. The van der Waals surface area contributed by atoms with E-state index < -0.39 is 16.7 Å². The summed E-state index contributed by atoms with van der Waals surface area (Å²) in [5, 5.41) is 0. The maximum absolute atomic E-state index is 14.8. The van der Waals surface area contributed by atoms with Crippen molar-refractivity contribution in [2.45, 2.75) is 50.4 Å². The molecule has 0 radical (unpaired) electrons. The fourth-order valence-electron chi connectivity index (χ4n) is 5.55. The van der Waals surface area contributed by atoms with E-state index in [1.54, 1.807) is 18.2 Å². The van der Waals surface area contributed by atoms with Crippen molar-refractivity contribution < 1.29 is 18.7 Å². The van der Waals surface area contributed by atoms with Gasteiger partial charge in [0.1, 0.15) is 11.6 Å². The first-order valence-electron chi connectivity index (χ1n) is 11.4. The second kappa shape index (κ2) is 9.31. The number of piperidine rings is 1. The van der Waals surface area contributed by atoms with E-state index >= 15 is 0 Å². The highest BCUT2D eigenvalue weighted by Gasteiger charge is 2.49. The van der Waals surface area contributed by atoms with Crippen LogP contribution < -0.4 is 10.5 Å². The molecule has 0 spiro atoms. The number of carbonyl (C=O) groups is 2. The van der Waals surface area contributed by atoms with Gasteiger partial charge in [0.15, 0.2) is 0 Å². The Hall–Kier alpha value is -2.89. The fourth-order valence-corrected chi connectivity index (χ4v) is 5.55. The van der Waals surface area contributed by atoms with Crippen molar-refractivity contribution in [1.82, 2.24) is 4.90 Å². The van der Waals surface area contributed by atoms with Crippen molar-refractivity contribution in [2.75, 3.05) is 19.7 Å². The summed E-state index contributed by atoms with van der Waals surface area (Å²) in [6, 6.07) is 16.1. The van der Waals surface area contributed by atoms with Crippen LogP contribution in [0, 0.1) is 11.2 Å². The smallest absolute Gasteiger partial charge is 0.233 e. The zero-order valence-corrected chi connectivity index (χ0v) is 18.4. The Kier molecular flexibility index (Phi) is 6.49. The van der Waals surface area contributed by atoms with Crippen LogP contribution in [-0.4, -0.2) is 36.4 Å². The third-order valence-electron chi connectivity index (χ3n) is 7.04. The Balaban J connectivity index is 1.59. The first kappa shape index (κ1) is 22.3. The number of rotatable bonds is 7. The average molecular weight is 439 g/mol. The summed E-state index contributed by atoms with van der Waals surface area (Å²) in [7, 11) is 0. The normalized spacial score (nSPS) is 22.5. The van der Waals surface area contributed by atoms with Crippen LogP contribution in [0.25, 0.3) is 0 Å². The highest BCUT2D eigenvalue weighted by molar-refractivity contribution is 5.89. The number of benzene rings is 2. The molecule has 4 rings (SSSR count). The van der Waals surface area contributed by atoms with Gasteiger partial charge in [-0.2, -0.15) is 0 Å². The zero-order chi connectivity index (χ0) is 22.6. The highest BCUT2D eigenvalue weighted by atomic mass is 19.1. The summed E-state index contributed by atoms with van der Waals surface area (Å²) in [4.78, 5) is 27.7.